The summed E-state index contributed by atoms with van der Waals surface area (Å²) in [7, 11) is -1.82. The highest BCUT2D eigenvalue weighted by atomic mass is 32.2. The largest absolute Gasteiger partial charge is 0.345 e. The molecule has 2 fully saturated rings. The molecule has 1 aliphatic carbocycles. The molecular formula is C21H30N4O3S. The molecule has 1 aliphatic heterocycles. The first-order valence-corrected chi connectivity index (χ1v) is 11.8. The van der Waals surface area contributed by atoms with E-state index in [0.29, 0.717) is 30.8 Å². The lowest BCUT2D eigenvalue weighted by atomic mass is 9.87. The molecule has 7 nitrogen and oxygen atoms in total. The van der Waals surface area contributed by atoms with E-state index in [4.69, 9.17) is 0 Å². The molecular weight excluding hydrogens is 388 g/mol. The van der Waals surface area contributed by atoms with E-state index >= 15 is 0 Å². The van der Waals surface area contributed by atoms with Crippen molar-refractivity contribution in [2.24, 2.45) is 7.05 Å². The third-order valence-corrected chi connectivity index (χ3v) is 7.98. The van der Waals surface area contributed by atoms with Gasteiger partial charge in [0.05, 0.1) is 4.90 Å². The van der Waals surface area contributed by atoms with E-state index in [9.17, 15) is 13.2 Å². The molecule has 0 radical (unpaired) electrons. The lowest BCUT2D eigenvalue weighted by Gasteiger charge is -2.31. The number of hydrogen-bond donors (Lipinski definition) is 0. The summed E-state index contributed by atoms with van der Waals surface area (Å²) in [5.74, 6) is 0.950. The molecule has 2 aliphatic rings. The third kappa shape index (κ3) is 3.80. The monoisotopic (exact) mass is 418 g/mol. The number of nitrogens with zero attached hydrogens (tertiary/aromatic N) is 4. The first kappa shape index (κ1) is 20.3. The second kappa shape index (κ2) is 7.09. The molecule has 1 aromatic carbocycles. The average Bonchev–Trinajstić information content (AvgIpc) is 3.47. The molecule has 0 spiro atoms. The Kier molecular flexibility index (Phi) is 4.98. The standard InChI is InChI=1S/C21H30N4O3S/c1-21(2,3)16-5-9-18(10-6-16)29(27,28)24-13-11-15(12-14-24)19-22-23(4)20(26)25(19)17-7-8-17/h5-6,9-10,15,17H,7-8,11-14H2,1-4H3. The van der Waals surface area contributed by atoms with E-state index in [1.54, 1.807) is 23.5 Å². The fourth-order valence-electron chi connectivity index (χ4n) is 4.08. The van der Waals surface area contributed by atoms with Gasteiger partial charge in [-0.1, -0.05) is 32.9 Å². The van der Waals surface area contributed by atoms with Crippen molar-refractivity contribution >= 4 is 10.0 Å². The number of sulfonamides is 1. The SMILES string of the molecule is Cn1nc(C2CCN(S(=O)(=O)c3ccc(C(C)(C)C)cc3)CC2)n(C2CC2)c1=O. The van der Waals surface area contributed by atoms with E-state index in [0.717, 1.165) is 24.2 Å². The highest BCUT2D eigenvalue weighted by molar-refractivity contribution is 7.89. The summed E-state index contributed by atoms with van der Waals surface area (Å²) in [6.07, 6.45) is 3.41. The van der Waals surface area contributed by atoms with Gasteiger partial charge in [0.25, 0.3) is 0 Å². The molecule has 1 saturated carbocycles. The summed E-state index contributed by atoms with van der Waals surface area (Å²) in [5.41, 5.74) is 1.04. The molecule has 1 aromatic heterocycles. The molecule has 158 valence electrons. The Morgan fingerprint density at radius 1 is 1.00 bits per heavy atom. The molecule has 4 rings (SSSR count). The molecule has 0 bridgehead atoms. The van der Waals surface area contributed by atoms with Gasteiger partial charge >= 0.3 is 5.69 Å². The zero-order valence-electron chi connectivity index (χ0n) is 17.6. The van der Waals surface area contributed by atoms with Crippen LogP contribution in [0.5, 0.6) is 0 Å². The zero-order chi connectivity index (χ0) is 21.0. The molecule has 8 heteroatoms. The van der Waals surface area contributed by atoms with Crippen molar-refractivity contribution in [3.8, 4) is 0 Å². The van der Waals surface area contributed by atoms with Gasteiger partial charge in [-0.25, -0.2) is 17.9 Å². The van der Waals surface area contributed by atoms with Gasteiger partial charge in [0.2, 0.25) is 10.0 Å². The van der Waals surface area contributed by atoms with Crippen molar-refractivity contribution < 1.29 is 8.42 Å². The molecule has 2 heterocycles. The first-order valence-electron chi connectivity index (χ1n) is 10.3. The predicted octanol–water partition coefficient (Wildman–Crippen LogP) is 2.78. The van der Waals surface area contributed by atoms with Crippen LogP contribution in [-0.4, -0.2) is 40.2 Å². The minimum absolute atomic E-state index is 0.0132. The molecule has 2 aromatic rings. The summed E-state index contributed by atoms with van der Waals surface area (Å²) in [4.78, 5) is 12.7. The van der Waals surface area contributed by atoms with Crippen LogP contribution in [-0.2, 0) is 22.5 Å². The number of aryl methyl sites for hydroxylation is 1. The van der Waals surface area contributed by atoms with Gasteiger partial charge in [-0.15, -0.1) is 0 Å². The van der Waals surface area contributed by atoms with E-state index in [1.807, 2.05) is 16.7 Å². The third-order valence-electron chi connectivity index (χ3n) is 6.07. The van der Waals surface area contributed by atoms with Crippen molar-refractivity contribution in [2.75, 3.05) is 13.1 Å². The normalized spacial score (nSPS) is 19.6. The quantitative estimate of drug-likeness (QED) is 0.765. The summed E-state index contributed by atoms with van der Waals surface area (Å²) in [6.45, 7) is 7.23. The van der Waals surface area contributed by atoms with Crippen LogP contribution >= 0.6 is 0 Å². The molecule has 29 heavy (non-hydrogen) atoms. The maximum atomic E-state index is 13.1. The van der Waals surface area contributed by atoms with Gasteiger partial charge in [0.15, 0.2) is 0 Å². The zero-order valence-corrected chi connectivity index (χ0v) is 18.4. The maximum absolute atomic E-state index is 13.1. The van der Waals surface area contributed by atoms with Crippen LogP contribution in [0.2, 0.25) is 0 Å². The maximum Gasteiger partial charge on any atom is 0.345 e. The topological polar surface area (TPSA) is 77.2 Å². The van der Waals surface area contributed by atoms with Crippen molar-refractivity contribution in [1.82, 2.24) is 18.7 Å². The Bertz CT molecular complexity index is 1050. The van der Waals surface area contributed by atoms with Gasteiger partial charge in [0, 0.05) is 32.1 Å². The number of aromatic nitrogens is 3. The highest BCUT2D eigenvalue weighted by Gasteiger charge is 2.36. The number of rotatable bonds is 4. The second-order valence-electron chi connectivity index (χ2n) is 9.32. The van der Waals surface area contributed by atoms with E-state index in [-0.39, 0.29) is 23.1 Å². The highest BCUT2D eigenvalue weighted by Crippen LogP contribution is 2.38. The first-order chi connectivity index (χ1) is 13.6. The van der Waals surface area contributed by atoms with Crippen LogP contribution in [0, 0.1) is 0 Å². The molecule has 0 amide bonds. The van der Waals surface area contributed by atoms with Gasteiger partial charge in [-0.2, -0.15) is 9.40 Å². The van der Waals surface area contributed by atoms with Gasteiger partial charge < -0.3 is 0 Å². The summed E-state index contributed by atoms with van der Waals surface area (Å²) >= 11 is 0. The molecule has 0 atom stereocenters. The number of piperidine rings is 1. The van der Waals surface area contributed by atoms with Crippen molar-refractivity contribution in [3.05, 3.63) is 46.1 Å². The van der Waals surface area contributed by atoms with Crippen LogP contribution in [0.15, 0.2) is 34.0 Å². The van der Waals surface area contributed by atoms with Crippen LogP contribution < -0.4 is 5.69 Å². The summed E-state index contributed by atoms with van der Waals surface area (Å²) in [5, 5.41) is 4.47. The fraction of sp³-hybridized carbons (Fsp3) is 0.619. The summed E-state index contributed by atoms with van der Waals surface area (Å²) < 4.78 is 31.0. The molecule has 1 saturated heterocycles. The second-order valence-corrected chi connectivity index (χ2v) is 11.3. The van der Waals surface area contributed by atoms with Crippen LogP contribution in [0.25, 0.3) is 0 Å². The lowest BCUT2D eigenvalue weighted by molar-refractivity contribution is 0.308. The number of benzene rings is 1. The van der Waals surface area contributed by atoms with Gasteiger partial charge in [-0.3, -0.25) is 4.57 Å². The summed E-state index contributed by atoms with van der Waals surface area (Å²) in [6, 6.07) is 7.51. The fourth-order valence-corrected chi connectivity index (χ4v) is 5.55. The van der Waals surface area contributed by atoms with Gasteiger partial charge in [-0.05, 0) is 48.8 Å². The van der Waals surface area contributed by atoms with Crippen molar-refractivity contribution in [3.63, 3.8) is 0 Å². The molecule has 0 unspecified atom stereocenters. The van der Waals surface area contributed by atoms with Crippen molar-refractivity contribution in [1.29, 1.82) is 0 Å². The minimum atomic E-state index is -3.51. The average molecular weight is 419 g/mol. The van der Waals surface area contributed by atoms with Crippen LogP contribution in [0.1, 0.15) is 69.8 Å². The van der Waals surface area contributed by atoms with Gasteiger partial charge in [0.1, 0.15) is 5.82 Å². The predicted molar refractivity (Wildman–Crippen MR) is 112 cm³/mol. The number of hydrogen-bond acceptors (Lipinski definition) is 4. The van der Waals surface area contributed by atoms with Crippen LogP contribution in [0.4, 0.5) is 0 Å². The minimum Gasteiger partial charge on any atom is -0.276 e. The van der Waals surface area contributed by atoms with E-state index < -0.39 is 10.0 Å². The Balaban J connectivity index is 1.50. The van der Waals surface area contributed by atoms with E-state index in [2.05, 4.69) is 25.9 Å². The van der Waals surface area contributed by atoms with Crippen molar-refractivity contribution in [2.45, 2.75) is 68.7 Å². The molecule has 0 N–H and O–H groups in total. The smallest absolute Gasteiger partial charge is 0.276 e. The van der Waals surface area contributed by atoms with E-state index in [1.165, 1.54) is 4.68 Å². The van der Waals surface area contributed by atoms with Crippen LogP contribution in [0.3, 0.4) is 0 Å². The Hall–Kier alpha value is -1.93. The lowest BCUT2D eigenvalue weighted by Crippen LogP contribution is -2.38. The Morgan fingerprint density at radius 2 is 1.59 bits per heavy atom. The Morgan fingerprint density at radius 3 is 2.10 bits per heavy atom. The Labute approximate surface area is 172 Å².